The van der Waals surface area contributed by atoms with Gasteiger partial charge >= 0.3 is 5.97 Å². The lowest BCUT2D eigenvalue weighted by Gasteiger charge is -2.09. The smallest absolute Gasteiger partial charge is 0.316 e. The second-order valence-corrected chi connectivity index (χ2v) is 7.48. The fourth-order valence-electron chi connectivity index (χ4n) is 1.54. The standard InChI is InChI=1S/C13H15NO4S2/c1-2-12(13(15)16)19-6-7-20(17,18)11-5-3-4-10(8-11)9-14/h3-5,8,12H,2,6-7H2,1H3,(H,15,16). The van der Waals surface area contributed by atoms with Crippen LogP contribution in [-0.4, -0.2) is 36.2 Å². The molecule has 1 aromatic rings. The van der Waals surface area contributed by atoms with Crippen LogP contribution >= 0.6 is 11.8 Å². The molecule has 0 saturated carbocycles. The summed E-state index contributed by atoms with van der Waals surface area (Å²) in [5.74, 6) is -0.860. The van der Waals surface area contributed by atoms with Gasteiger partial charge in [-0.2, -0.15) is 5.26 Å². The van der Waals surface area contributed by atoms with E-state index in [0.717, 1.165) is 11.8 Å². The molecule has 1 aromatic carbocycles. The summed E-state index contributed by atoms with van der Waals surface area (Å²) in [6.45, 7) is 1.75. The van der Waals surface area contributed by atoms with Gasteiger partial charge < -0.3 is 5.11 Å². The van der Waals surface area contributed by atoms with Gasteiger partial charge in [0.2, 0.25) is 0 Å². The zero-order chi connectivity index (χ0) is 15.2. The van der Waals surface area contributed by atoms with Gasteiger partial charge in [-0.25, -0.2) is 8.42 Å². The summed E-state index contributed by atoms with van der Waals surface area (Å²) in [5.41, 5.74) is 0.288. The number of hydrogen-bond donors (Lipinski definition) is 1. The highest BCUT2D eigenvalue weighted by Crippen LogP contribution is 2.18. The van der Waals surface area contributed by atoms with Crippen LogP contribution in [-0.2, 0) is 14.6 Å². The highest BCUT2D eigenvalue weighted by atomic mass is 32.2. The minimum absolute atomic E-state index is 0.0977. The maximum Gasteiger partial charge on any atom is 0.316 e. The predicted octanol–water partition coefficient (Wildman–Crippen LogP) is 1.93. The molecule has 0 heterocycles. The molecule has 0 aliphatic rings. The topological polar surface area (TPSA) is 95.2 Å². The maximum absolute atomic E-state index is 12.1. The molecule has 108 valence electrons. The van der Waals surface area contributed by atoms with Crippen LogP contribution in [0.5, 0.6) is 0 Å². The highest BCUT2D eigenvalue weighted by Gasteiger charge is 2.19. The van der Waals surface area contributed by atoms with Crippen LogP contribution in [0.25, 0.3) is 0 Å². The Morgan fingerprint density at radius 3 is 2.75 bits per heavy atom. The van der Waals surface area contributed by atoms with E-state index in [1.807, 2.05) is 6.07 Å². The number of hydrogen-bond acceptors (Lipinski definition) is 5. The molecule has 1 rings (SSSR count). The van der Waals surface area contributed by atoms with Crippen LogP contribution < -0.4 is 0 Å². The molecular weight excluding hydrogens is 298 g/mol. The van der Waals surface area contributed by atoms with E-state index in [9.17, 15) is 13.2 Å². The van der Waals surface area contributed by atoms with Gasteiger partial charge in [-0.1, -0.05) is 13.0 Å². The molecule has 7 heteroatoms. The molecule has 0 radical (unpaired) electrons. The third-order valence-electron chi connectivity index (χ3n) is 2.64. The molecule has 1 N–H and O–H groups in total. The van der Waals surface area contributed by atoms with Gasteiger partial charge in [0, 0.05) is 5.75 Å². The SMILES string of the molecule is CCC(SCCS(=O)(=O)c1cccc(C#N)c1)C(=O)O. The minimum Gasteiger partial charge on any atom is -0.480 e. The fraction of sp³-hybridized carbons (Fsp3) is 0.385. The van der Waals surface area contributed by atoms with Crippen molar-refractivity contribution < 1.29 is 18.3 Å². The first-order valence-corrected chi connectivity index (χ1v) is 8.68. The summed E-state index contributed by atoms with van der Waals surface area (Å²) in [6, 6.07) is 7.71. The van der Waals surface area contributed by atoms with Crippen LogP contribution in [0.4, 0.5) is 0 Å². The number of aliphatic carboxylic acids is 1. The average molecular weight is 313 g/mol. The van der Waals surface area contributed by atoms with Gasteiger partial charge in [-0.3, -0.25) is 4.79 Å². The Bertz CT molecular complexity index is 620. The van der Waals surface area contributed by atoms with Gasteiger partial charge in [0.1, 0.15) is 5.25 Å². The van der Waals surface area contributed by atoms with E-state index in [-0.39, 0.29) is 22.0 Å². The Morgan fingerprint density at radius 2 is 2.20 bits per heavy atom. The number of carboxylic acid groups (broad SMARTS) is 1. The Balaban J connectivity index is 2.71. The van der Waals surface area contributed by atoms with E-state index in [1.54, 1.807) is 6.92 Å². The summed E-state index contributed by atoms with van der Waals surface area (Å²) in [5, 5.41) is 17.0. The summed E-state index contributed by atoms with van der Waals surface area (Å²) >= 11 is 1.12. The zero-order valence-corrected chi connectivity index (χ0v) is 12.6. The second kappa shape index (κ2) is 7.31. The van der Waals surface area contributed by atoms with Crippen LogP contribution in [0.15, 0.2) is 29.2 Å². The van der Waals surface area contributed by atoms with Crippen LogP contribution in [0.2, 0.25) is 0 Å². The van der Waals surface area contributed by atoms with Crippen LogP contribution in [0.3, 0.4) is 0 Å². The van der Waals surface area contributed by atoms with Crippen molar-refractivity contribution in [2.75, 3.05) is 11.5 Å². The molecule has 20 heavy (non-hydrogen) atoms. The van der Waals surface area contributed by atoms with Crippen molar-refractivity contribution in [3.8, 4) is 6.07 Å². The van der Waals surface area contributed by atoms with Gasteiger partial charge in [0.15, 0.2) is 9.84 Å². The molecule has 1 atom stereocenters. The summed E-state index contributed by atoms with van der Waals surface area (Å²) < 4.78 is 24.1. The fourth-order valence-corrected chi connectivity index (χ4v) is 4.29. The number of thioether (sulfide) groups is 1. The van der Waals surface area contributed by atoms with E-state index in [1.165, 1.54) is 24.3 Å². The first-order valence-electron chi connectivity index (χ1n) is 5.98. The number of benzene rings is 1. The van der Waals surface area contributed by atoms with Crippen molar-refractivity contribution in [3.63, 3.8) is 0 Å². The maximum atomic E-state index is 12.1. The van der Waals surface area contributed by atoms with Gasteiger partial charge in [0.05, 0.1) is 22.3 Å². The van der Waals surface area contributed by atoms with Crippen LogP contribution in [0.1, 0.15) is 18.9 Å². The first kappa shape index (κ1) is 16.5. The zero-order valence-electron chi connectivity index (χ0n) is 10.9. The summed E-state index contributed by atoms with van der Waals surface area (Å²) in [7, 11) is -3.49. The lowest BCUT2D eigenvalue weighted by Crippen LogP contribution is -2.18. The Labute approximate surface area is 122 Å². The van der Waals surface area contributed by atoms with Crippen molar-refractivity contribution in [2.45, 2.75) is 23.5 Å². The second-order valence-electron chi connectivity index (χ2n) is 4.06. The Kier molecular flexibility index (Phi) is 6.05. The van der Waals surface area contributed by atoms with Gasteiger partial charge in [-0.05, 0) is 24.6 Å². The average Bonchev–Trinajstić information content (AvgIpc) is 2.43. The molecule has 0 amide bonds. The third kappa shape index (κ3) is 4.54. The lowest BCUT2D eigenvalue weighted by atomic mass is 10.2. The van der Waals surface area contributed by atoms with E-state index in [4.69, 9.17) is 10.4 Å². The number of nitrogens with zero attached hydrogens (tertiary/aromatic N) is 1. The van der Waals surface area contributed by atoms with Crippen LogP contribution in [0, 0.1) is 11.3 Å². The van der Waals surface area contributed by atoms with E-state index < -0.39 is 21.1 Å². The predicted molar refractivity (Wildman–Crippen MR) is 77.4 cm³/mol. The Morgan fingerprint density at radius 1 is 1.50 bits per heavy atom. The molecule has 0 aromatic heterocycles. The highest BCUT2D eigenvalue weighted by molar-refractivity contribution is 8.01. The monoisotopic (exact) mass is 313 g/mol. The van der Waals surface area contributed by atoms with E-state index >= 15 is 0 Å². The molecule has 0 spiro atoms. The number of rotatable bonds is 7. The van der Waals surface area contributed by atoms with Crippen molar-refractivity contribution >= 4 is 27.6 Å². The van der Waals surface area contributed by atoms with Gasteiger partial charge in [-0.15, -0.1) is 11.8 Å². The quantitative estimate of drug-likeness (QED) is 0.826. The van der Waals surface area contributed by atoms with Crippen molar-refractivity contribution in [1.29, 1.82) is 5.26 Å². The number of carbonyl (C=O) groups is 1. The minimum atomic E-state index is -3.49. The Hall–Kier alpha value is -1.52. The molecular formula is C13H15NO4S2. The molecule has 0 fully saturated rings. The number of nitriles is 1. The van der Waals surface area contributed by atoms with E-state index in [2.05, 4.69) is 0 Å². The molecule has 0 saturated heterocycles. The molecule has 0 aliphatic carbocycles. The van der Waals surface area contributed by atoms with Crippen molar-refractivity contribution in [3.05, 3.63) is 29.8 Å². The summed E-state index contributed by atoms with van der Waals surface area (Å²) in [4.78, 5) is 10.9. The number of carboxylic acids is 1. The molecule has 1 unspecified atom stereocenters. The van der Waals surface area contributed by atoms with E-state index in [0.29, 0.717) is 6.42 Å². The first-order chi connectivity index (χ1) is 9.40. The van der Waals surface area contributed by atoms with Crippen molar-refractivity contribution in [1.82, 2.24) is 0 Å². The van der Waals surface area contributed by atoms with Crippen molar-refractivity contribution in [2.24, 2.45) is 0 Å². The molecule has 0 aliphatic heterocycles. The number of sulfone groups is 1. The van der Waals surface area contributed by atoms with Gasteiger partial charge in [0.25, 0.3) is 0 Å². The summed E-state index contributed by atoms with van der Waals surface area (Å²) in [6.07, 6.45) is 0.448. The molecule has 5 nitrogen and oxygen atoms in total. The molecule has 0 bridgehead atoms. The largest absolute Gasteiger partial charge is 0.480 e. The third-order valence-corrected chi connectivity index (χ3v) is 5.99. The lowest BCUT2D eigenvalue weighted by molar-refractivity contribution is -0.136. The normalized spacial score (nSPS) is 12.6.